The molecule has 0 spiro atoms. The van der Waals surface area contributed by atoms with E-state index in [0.29, 0.717) is 18.5 Å². The SMILES string of the molecule is CCN(C(=O)c1ccnc(C)c1C)C1CCS(=O)(=O)C1. The minimum absolute atomic E-state index is 0.0791. The number of nitrogens with zero attached hydrogens (tertiary/aromatic N) is 2. The Morgan fingerprint density at radius 3 is 2.70 bits per heavy atom. The van der Waals surface area contributed by atoms with Crippen LogP contribution in [0.2, 0.25) is 0 Å². The lowest BCUT2D eigenvalue weighted by Gasteiger charge is -2.27. The minimum Gasteiger partial charge on any atom is -0.335 e. The Hall–Kier alpha value is -1.43. The van der Waals surface area contributed by atoms with Crippen molar-refractivity contribution >= 4 is 15.7 Å². The highest BCUT2D eigenvalue weighted by molar-refractivity contribution is 7.91. The van der Waals surface area contributed by atoms with Gasteiger partial charge in [0.1, 0.15) is 0 Å². The molecule has 20 heavy (non-hydrogen) atoms. The molecule has 1 aromatic rings. The molecule has 1 amide bonds. The van der Waals surface area contributed by atoms with E-state index >= 15 is 0 Å². The third kappa shape index (κ3) is 2.85. The predicted octanol–water partition coefficient (Wildman–Crippen LogP) is 1.35. The number of aromatic nitrogens is 1. The van der Waals surface area contributed by atoms with Gasteiger partial charge in [-0.05, 0) is 38.8 Å². The van der Waals surface area contributed by atoms with E-state index in [2.05, 4.69) is 4.98 Å². The summed E-state index contributed by atoms with van der Waals surface area (Å²) < 4.78 is 23.2. The number of pyridine rings is 1. The van der Waals surface area contributed by atoms with Gasteiger partial charge in [0.05, 0.1) is 11.5 Å². The van der Waals surface area contributed by atoms with Crippen molar-refractivity contribution < 1.29 is 13.2 Å². The van der Waals surface area contributed by atoms with Crippen LogP contribution in [-0.4, -0.2) is 48.3 Å². The average molecular weight is 296 g/mol. The van der Waals surface area contributed by atoms with Crippen LogP contribution in [0.3, 0.4) is 0 Å². The molecule has 2 heterocycles. The van der Waals surface area contributed by atoms with Crippen molar-refractivity contribution in [3.05, 3.63) is 29.1 Å². The summed E-state index contributed by atoms with van der Waals surface area (Å²) in [4.78, 5) is 18.5. The molecule has 1 fully saturated rings. The Kier molecular flexibility index (Phi) is 4.13. The van der Waals surface area contributed by atoms with Gasteiger partial charge in [0, 0.05) is 30.0 Å². The maximum atomic E-state index is 12.7. The van der Waals surface area contributed by atoms with E-state index in [1.54, 1.807) is 17.2 Å². The molecule has 0 N–H and O–H groups in total. The molecule has 6 heteroatoms. The van der Waals surface area contributed by atoms with E-state index in [9.17, 15) is 13.2 Å². The molecule has 1 unspecified atom stereocenters. The van der Waals surface area contributed by atoms with Crippen molar-refractivity contribution in [2.75, 3.05) is 18.1 Å². The summed E-state index contributed by atoms with van der Waals surface area (Å²) in [5, 5.41) is 0. The summed E-state index contributed by atoms with van der Waals surface area (Å²) >= 11 is 0. The topological polar surface area (TPSA) is 67.3 Å². The average Bonchev–Trinajstić information content (AvgIpc) is 2.74. The molecule has 5 nitrogen and oxygen atoms in total. The van der Waals surface area contributed by atoms with Gasteiger partial charge < -0.3 is 4.90 Å². The zero-order valence-corrected chi connectivity index (χ0v) is 12.9. The van der Waals surface area contributed by atoms with Crippen molar-refractivity contribution in [3.63, 3.8) is 0 Å². The van der Waals surface area contributed by atoms with Crippen LogP contribution in [0.15, 0.2) is 12.3 Å². The summed E-state index contributed by atoms with van der Waals surface area (Å²) in [6, 6.07) is 1.50. The second-order valence-corrected chi connectivity index (χ2v) is 7.45. The summed E-state index contributed by atoms with van der Waals surface area (Å²) in [6.45, 7) is 6.13. The number of amides is 1. The van der Waals surface area contributed by atoms with Gasteiger partial charge in [-0.15, -0.1) is 0 Å². The molecule has 110 valence electrons. The maximum absolute atomic E-state index is 12.7. The van der Waals surface area contributed by atoms with Crippen molar-refractivity contribution in [2.24, 2.45) is 0 Å². The van der Waals surface area contributed by atoms with E-state index in [1.807, 2.05) is 20.8 Å². The Morgan fingerprint density at radius 2 is 2.15 bits per heavy atom. The van der Waals surface area contributed by atoms with Crippen molar-refractivity contribution in [1.82, 2.24) is 9.88 Å². The first kappa shape index (κ1) is 15.0. The number of hydrogen-bond acceptors (Lipinski definition) is 4. The zero-order valence-electron chi connectivity index (χ0n) is 12.1. The van der Waals surface area contributed by atoms with Gasteiger partial charge in [0.25, 0.3) is 5.91 Å². The fourth-order valence-corrected chi connectivity index (χ4v) is 4.35. The highest BCUT2D eigenvalue weighted by Crippen LogP contribution is 2.21. The molecule has 0 radical (unpaired) electrons. The molecular weight excluding hydrogens is 276 g/mol. The standard InChI is InChI=1S/C14H20N2O3S/c1-4-16(12-6-8-20(18,19)9-12)14(17)13-5-7-15-11(3)10(13)2/h5,7,12H,4,6,8-9H2,1-3H3. The highest BCUT2D eigenvalue weighted by atomic mass is 32.2. The lowest BCUT2D eigenvalue weighted by atomic mass is 10.1. The lowest BCUT2D eigenvalue weighted by Crippen LogP contribution is -2.41. The molecule has 1 saturated heterocycles. The van der Waals surface area contributed by atoms with Crippen LogP contribution in [0.5, 0.6) is 0 Å². The second-order valence-electron chi connectivity index (χ2n) is 5.22. The smallest absolute Gasteiger partial charge is 0.254 e. The second kappa shape index (κ2) is 5.52. The fourth-order valence-electron chi connectivity index (χ4n) is 2.62. The van der Waals surface area contributed by atoms with E-state index in [4.69, 9.17) is 0 Å². The Labute approximate surface area is 119 Å². The first-order chi connectivity index (χ1) is 9.35. The van der Waals surface area contributed by atoms with Gasteiger partial charge in [-0.25, -0.2) is 8.42 Å². The molecule has 0 aromatic carbocycles. The van der Waals surface area contributed by atoms with Crippen LogP contribution >= 0.6 is 0 Å². The summed E-state index contributed by atoms with van der Waals surface area (Å²) in [7, 11) is -2.99. The number of carbonyl (C=O) groups is 1. The molecule has 1 atom stereocenters. The first-order valence-electron chi connectivity index (χ1n) is 6.79. The number of aryl methyl sites for hydroxylation is 1. The van der Waals surface area contributed by atoms with Gasteiger partial charge in [0.15, 0.2) is 9.84 Å². The molecule has 1 aromatic heterocycles. The summed E-state index contributed by atoms with van der Waals surface area (Å²) in [6.07, 6.45) is 2.15. The summed E-state index contributed by atoms with van der Waals surface area (Å²) in [5.74, 6) is 0.156. The molecule has 1 aliphatic rings. The predicted molar refractivity (Wildman–Crippen MR) is 77.5 cm³/mol. The number of sulfone groups is 1. The highest BCUT2D eigenvalue weighted by Gasteiger charge is 2.34. The van der Waals surface area contributed by atoms with Gasteiger partial charge in [-0.2, -0.15) is 0 Å². The van der Waals surface area contributed by atoms with Gasteiger partial charge in [-0.1, -0.05) is 0 Å². The monoisotopic (exact) mass is 296 g/mol. The third-order valence-corrected chi connectivity index (χ3v) is 5.69. The van der Waals surface area contributed by atoms with E-state index < -0.39 is 9.84 Å². The normalized spacial score (nSPS) is 20.9. The molecular formula is C14H20N2O3S. The molecule has 0 saturated carbocycles. The third-order valence-electron chi connectivity index (χ3n) is 3.94. The van der Waals surface area contributed by atoms with Gasteiger partial charge in [-0.3, -0.25) is 9.78 Å². The quantitative estimate of drug-likeness (QED) is 0.844. The van der Waals surface area contributed by atoms with Crippen LogP contribution in [0, 0.1) is 13.8 Å². The first-order valence-corrected chi connectivity index (χ1v) is 8.61. The number of rotatable bonds is 3. The Morgan fingerprint density at radius 1 is 1.45 bits per heavy atom. The molecule has 1 aliphatic heterocycles. The minimum atomic E-state index is -2.99. The van der Waals surface area contributed by atoms with Crippen LogP contribution < -0.4 is 0 Å². The molecule has 2 rings (SSSR count). The van der Waals surface area contributed by atoms with Crippen LogP contribution in [0.4, 0.5) is 0 Å². The largest absolute Gasteiger partial charge is 0.335 e. The van der Waals surface area contributed by atoms with Crippen LogP contribution in [-0.2, 0) is 9.84 Å². The van der Waals surface area contributed by atoms with E-state index in [-0.39, 0.29) is 23.5 Å². The zero-order chi connectivity index (χ0) is 14.9. The van der Waals surface area contributed by atoms with E-state index in [0.717, 1.165) is 11.3 Å². The fraction of sp³-hybridized carbons (Fsp3) is 0.571. The van der Waals surface area contributed by atoms with Crippen LogP contribution in [0.25, 0.3) is 0 Å². The lowest BCUT2D eigenvalue weighted by molar-refractivity contribution is 0.0707. The van der Waals surface area contributed by atoms with Crippen LogP contribution in [0.1, 0.15) is 35.0 Å². The summed E-state index contributed by atoms with van der Waals surface area (Å²) in [5.41, 5.74) is 2.30. The molecule has 0 bridgehead atoms. The van der Waals surface area contributed by atoms with Crippen molar-refractivity contribution in [1.29, 1.82) is 0 Å². The number of hydrogen-bond donors (Lipinski definition) is 0. The van der Waals surface area contributed by atoms with Crippen molar-refractivity contribution in [2.45, 2.75) is 33.2 Å². The van der Waals surface area contributed by atoms with Gasteiger partial charge in [0.2, 0.25) is 0 Å². The van der Waals surface area contributed by atoms with E-state index in [1.165, 1.54) is 0 Å². The number of carbonyl (C=O) groups excluding carboxylic acids is 1. The molecule has 0 aliphatic carbocycles. The Balaban J connectivity index is 2.28. The maximum Gasteiger partial charge on any atom is 0.254 e. The Bertz CT molecular complexity index is 625. The van der Waals surface area contributed by atoms with Gasteiger partial charge >= 0.3 is 0 Å². The van der Waals surface area contributed by atoms with Crippen molar-refractivity contribution in [3.8, 4) is 0 Å².